The Hall–Kier alpha value is -0.750. The number of hydrogen-bond acceptors (Lipinski definition) is 3. The van der Waals surface area contributed by atoms with E-state index in [9.17, 15) is 18.7 Å². The molecule has 4 nitrogen and oxygen atoms in total. The summed E-state index contributed by atoms with van der Waals surface area (Å²) in [5.74, 6) is -5.10. The molecule has 118 valence electrons. The molecule has 0 heterocycles. The zero-order valence-electron chi connectivity index (χ0n) is 13.0. The van der Waals surface area contributed by atoms with Crippen LogP contribution in [0.4, 0.5) is 8.78 Å². The predicted molar refractivity (Wildman–Crippen MR) is 73.7 cm³/mol. The summed E-state index contributed by atoms with van der Waals surface area (Å²) in [5, 5.41) is 12.1. The molecule has 0 radical (unpaired) electrons. The Morgan fingerprint density at radius 2 is 1.90 bits per heavy atom. The molecule has 0 aliphatic heterocycles. The molecule has 1 aliphatic rings. The molecular formula is C14H26F2N2O2. The van der Waals surface area contributed by atoms with Gasteiger partial charge in [-0.05, 0) is 45.7 Å². The lowest BCUT2D eigenvalue weighted by molar-refractivity contribution is -0.216. The number of nitrogens with one attached hydrogen (secondary N) is 1. The summed E-state index contributed by atoms with van der Waals surface area (Å²) in [6.07, 6.45) is 0.479. The third-order valence-corrected chi connectivity index (χ3v) is 4.29. The van der Waals surface area contributed by atoms with Gasteiger partial charge in [-0.2, -0.15) is 8.78 Å². The van der Waals surface area contributed by atoms with Crippen LogP contribution < -0.4 is 5.32 Å². The summed E-state index contributed by atoms with van der Waals surface area (Å²) in [4.78, 5) is 13.8. The van der Waals surface area contributed by atoms with E-state index in [1.807, 2.05) is 32.8 Å². The van der Waals surface area contributed by atoms with Crippen molar-refractivity contribution in [3.63, 3.8) is 0 Å². The first-order valence-electron chi connectivity index (χ1n) is 6.98. The van der Waals surface area contributed by atoms with Gasteiger partial charge in [-0.15, -0.1) is 0 Å². The molecule has 1 aliphatic carbocycles. The molecule has 20 heavy (non-hydrogen) atoms. The van der Waals surface area contributed by atoms with E-state index in [1.165, 1.54) is 0 Å². The minimum absolute atomic E-state index is 0.0249. The molecule has 6 heteroatoms. The number of carbonyl (C=O) groups is 1. The van der Waals surface area contributed by atoms with E-state index in [4.69, 9.17) is 0 Å². The maximum absolute atomic E-state index is 14.0. The Balaban J connectivity index is 2.70. The average Bonchev–Trinajstić information content (AvgIpc) is 2.23. The van der Waals surface area contributed by atoms with Crippen LogP contribution >= 0.6 is 0 Å². The van der Waals surface area contributed by atoms with Gasteiger partial charge in [0.1, 0.15) is 5.60 Å². The van der Waals surface area contributed by atoms with Crippen molar-refractivity contribution in [1.29, 1.82) is 0 Å². The third-order valence-electron chi connectivity index (χ3n) is 4.29. The minimum Gasteiger partial charge on any atom is -0.383 e. The number of nitrogens with zero attached hydrogens (tertiary/aromatic N) is 1. The third kappa shape index (κ3) is 3.28. The molecule has 0 spiro atoms. The van der Waals surface area contributed by atoms with Crippen LogP contribution in [0.5, 0.6) is 0 Å². The maximum Gasteiger partial charge on any atom is 0.352 e. The van der Waals surface area contributed by atoms with Crippen LogP contribution in [0.15, 0.2) is 0 Å². The molecule has 0 aromatic rings. The van der Waals surface area contributed by atoms with Gasteiger partial charge in [-0.1, -0.05) is 13.8 Å². The Morgan fingerprint density at radius 3 is 2.25 bits per heavy atom. The van der Waals surface area contributed by atoms with Crippen molar-refractivity contribution < 1.29 is 18.7 Å². The van der Waals surface area contributed by atoms with Gasteiger partial charge in [0.25, 0.3) is 5.91 Å². The lowest BCUT2D eigenvalue weighted by atomic mass is 9.74. The van der Waals surface area contributed by atoms with Gasteiger partial charge in [0.05, 0.1) is 0 Å². The predicted octanol–water partition coefficient (Wildman–Crippen LogP) is 1.63. The van der Waals surface area contributed by atoms with E-state index in [0.717, 1.165) is 0 Å². The molecular weight excluding hydrogens is 266 g/mol. The van der Waals surface area contributed by atoms with Crippen LogP contribution in [0, 0.1) is 5.41 Å². The Morgan fingerprint density at radius 1 is 1.40 bits per heavy atom. The van der Waals surface area contributed by atoms with Crippen molar-refractivity contribution >= 4 is 5.91 Å². The fourth-order valence-electron chi connectivity index (χ4n) is 2.47. The average molecular weight is 292 g/mol. The highest BCUT2D eigenvalue weighted by atomic mass is 19.3. The van der Waals surface area contributed by atoms with Gasteiger partial charge in [0, 0.05) is 12.6 Å². The molecule has 1 saturated carbocycles. The number of aliphatic hydroxyl groups is 1. The largest absolute Gasteiger partial charge is 0.383 e. The summed E-state index contributed by atoms with van der Waals surface area (Å²) < 4.78 is 28.0. The van der Waals surface area contributed by atoms with E-state index >= 15 is 0 Å². The van der Waals surface area contributed by atoms with Gasteiger partial charge in [0.2, 0.25) is 0 Å². The molecule has 0 saturated heterocycles. The van der Waals surface area contributed by atoms with E-state index < -0.39 is 23.5 Å². The first kappa shape index (κ1) is 17.3. The van der Waals surface area contributed by atoms with Crippen molar-refractivity contribution in [1.82, 2.24) is 10.2 Å². The monoisotopic (exact) mass is 292 g/mol. The lowest BCUT2D eigenvalue weighted by Gasteiger charge is -2.43. The molecule has 1 rings (SSSR count). The molecule has 2 N–H and O–H groups in total. The summed E-state index contributed by atoms with van der Waals surface area (Å²) in [6, 6.07) is -0.424. The first-order chi connectivity index (χ1) is 8.92. The molecule has 1 atom stereocenters. The summed E-state index contributed by atoms with van der Waals surface area (Å²) in [7, 11) is 3.78. The van der Waals surface area contributed by atoms with E-state index in [2.05, 4.69) is 5.32 Å². The van der Waals surface area contributed by atoms with Crippen LogP contribution in [0.25, 0.3) is 0 Å². The van der Waals surface area contributed by atoms with Crippen LogP contribution in [0.3, 0.4) is 0 Å². The Bertz CT molecular complexity index is 366. The second kappa shape index (κ2) is 5.56. The van der Waals surface area contributed by atoms with Crippen LogP contribution in [-0.4, -0.2) is 54.1 Å². The quantitative estimate of drug-likeness (QED) is 0.782. The van der Waals surface area contributed by atoms with Gasteiger partial charge < -0.3 is 15.3 Å². The maximum atomic E-state index is 14.0. The zero-order chi connectivity index (χ0) is 15.8. The zero-order valence-corrected chi connectivity index (χ0v) is 13.0. The second-order valence-electron chi connectivity index (χ2n) is 6.88. The van der Waals surface area contributed by atoms with Crippen molar-refractivity contribution in [3.8, 4) is 0 Å². The van der Waals surface area contributed by atoms with E-state index in [0.29, 0.717) is 13.0 Å². The van der Waals surface area contributed by atoms with Gasteiger partial charge >= 0.3 is 5.92 Å². The molecule has 1 fully saturated rings. The number of rotatable bonds is 6. The number of carbonyl (C=O) groups excluding carboxylic acids is 1. The van der Waals surface area contributed by atoms with E-state index in [-0.39, 0.29) is 18.3 Å². The Kier molecular flexibility index (Phi) is 4.81. The van der Waals surface area contributed by atoms with Crippen LogP contribution in [0.1, 0.15) is 40.0 Å². The molecule has 0 aromatic heterocycles. The molecule has 1 amide bonds. The SMILES string of the molecule is CC(NC(=O)C(F)(F)C1(O)CCC1)C(C)(C)CN(C)C. The minimum atomic E-state index is -3.73. The fourth-order valence-corrected chi connectivity index (χ4v) is 2.47. The second-order valence-corrected chi connectivity index (χ2v) is 6.88. The highest BCUT2D eigenvalue weighted by molar-refractivity contribution is 5.85. The van der Waals surface area contributed by atoms with Gasteiger partial charge in [-0.3, -0.25) is 4.79 Å². The highest BCUT2D eigenvalue weighted by Gasteiger charge is 2.61. The van der Waals surface area contributed by atoms with Crippen molar-refractivity contribution in [2.24, 2.45) is 5.41 Å². The lowest BCUT2D eigenvalue weighted by Crippen LogP contribution is -2.62. The molecule has 1 unspecified atom stereocenters. The topological polar surface area (TPSA) is 52.6 Å². The van der Waals surface area contributed by atoms with Crippen LogP contribution in [-0.2, 0) is 4.79 Å². The standard InChI is InChI=1S/C14H26F2N2O2/c1-10(12(2,3)9-18(4)5)17-11(19)14(15,16)13(20)7-6-8-13/h10,20H,6-9H2,1-5H3,(H,17,19). The van der Waals surface area contributed by atoms with Crippen LogP contribution in [0.2, 0.25) is 0 Å². The normalized spacial score (nSPS) is 20.4. The van der Waals surface area contributed by atoms with Crippen molar-refractivity contribution in [3.05, 3.63) is 0 Å². The van der Waals surface area contributed by atoms with E-state index in [1.54, 1.807) is 6.92 Å². The smallest absolute Gasteiger partial charge is 0.352 e. The van der Waals surface area contributed by atoms with Gasteiger partial charge in [0.15, 0.2) is 0 Å². The van der Waals surface area contributed by atoms with Crippen molar-refractivity contribution in [2.45, 2.75) is 57.6 Å². The number of halogens is 2. The fraction of sp³-hybridized carbons (Fsp3) is 0.929. The number of amides is 1. The summed E-state index contributed by atoms with van der Waals surface area (Å²) >= 11 is 0. The summed E-state index contributed by atoms with van der Waals surface area (Å²) in [5.41, 5.74) is -2.51. The number of hydrogen-bond donors (Lipinski definition) is 2. The highest BCUT2D eigenvalue weighted by Crippen LogP contribution is 2.44. The molecule has 0 aromatic carbocycles. The van der Waals surface area contributed by atoms with Crippen molar-refractivity contribution in [2.75, 3.05) is 20.6 Å². The van der Waals surface area contributed by atoms with Gasteiger partial charge in [-0.25, -0.2) is 0 Å². The Labute approximate surface area is 119 Å². The summed E-state index contributed by atoms with van der Waals surface area (Å²) in [6.45, 7) is 6.19. The first-order valence-corrected chi connectivity index (χ1v) is 6.98. The molecule has 0 bridgehead atoms. The number of alkyl halides is 2.